The zero-order valence-electron chi connectivity index (χ0n) is 18.7. The quantitative estimate of drug-likeness (QED) is 0.420. The second-order valence-corrected chi connectivity index (χ2v) is 8.31. The summed E-state index contributed by atoms with van der Waals surface area (Å²) in [4.78, 5) is 2.08. The van der Waals surface area contributed by atoms with E-state index in [1.807, 2.05) is 117 Å². The second-order valence-electron chi connectivity index (χ2n) is 8.31. The normalized spacial score (nSPS) is 13.0. The molecule has 0 spiro atoms. The lowest BCUT2D eigenvalue weighted by Crippen LogP contribution is -2.12. The number of nitriles is 4. The van der Waals surface area contributed by atoms with Gasteiger partial charge < -0.3 is 4.90 Å². The summed E-state index contributed by atoms with van der Waals surface area (Å²) in [6.07, 6.45) is 0. The van der Waals surface area contributed by atoms with Crippen molar-refractivity contribution in [2.75, 3.05) is 4.90 Å². The Balaban J connectivity index is 2.06. The smallest absolute Gasteiger partial charge is 0.134 e. The third kappa shape index (κ3) is 3.49. The summed E-state index contributed by atoms with van der Waals surface area (Å²) in [5.41, 5.74) is 4.22. The summed E-state index contributed by atoms with van der Waals surface area (Å²) in [6.45, 7) is 3.68. The van der Waals surface area contributed by atoms with Crippen molar-refractivity contribution in [2.45, 2.75) is 13.8 Å². The maximum atomic E-state index is 9.73. The summed E-state index contributed by atoms with van der Waals surface area (Å²) in [7, 11) is 0. The van der Waals surface area contributed by atoms with Gasteiger partial charge in [0.1, 0.15) is 35.4 Å². The average molecular weight is 438 g/mol. The Labute approximate surface area is 199 Å². The SMILES string of the molecule is CC1(C)C(=C(C#N)C#N)c2ccc(N(c3ccccc3)c3ccccc3)cc2C1=C(C#N)C#N. The van der Waals surface area contributed by atoms with Gasteiger partial charge in [0, 0.05) is 22.5 Å². The molecule has 5 heteroatoms. The lowest BCUT2D eigenvalue weighted by Gasteiger charge is -2.26. The van der Waals surface area contributed by atoms with Crippen LogP contribution in [0.2, 0.25) is 0 Å². The Bertz CT molecular complexity index is 1430. The topological polar surface area (TPSA) is 98.4 Å². The van der Waals surface area contributed by atoms with Crippen molar-refractivity contribution in [3.8, 4) is 24.3 Å². The number of benzene rings is 3. The van der Waals surface area contributed by atoms with Crippen molar-refractivity contribution in [2.24, 2.45) is 5.41 Å². The van der Waals surface area contributed by atoms with Crippen molar-refractivity contribution < 1.29 is 0 Å². The van der Waals surface area contributed by atoms with Crippen LogP contribution in [-0.2, 0) is 0 Å². The van der Waals surface area contributed by atoms with E-state index >= 15 is 0 Å². The lowest BCUT2D eigenvalue weighted by atomic mass is 9.78. The average Bonchev–Trinajstić information content (AvgIpc) is 3.09. The molecule has 160 valence electrons. The van der Waals surface area contributed by atoms with Crippen LogP contribution >= 0.6 is 0 Å². The van der Waals surface area contributed by atoms with E-state index in [0.29, 0.717) is 22.3 Å². The van der Waals surface area contributed by atoms with Crippen molar-refractivity contribution in [3.05, 3.63) is 101 Å². The van der Waals surface area contributed by atoms with Crippen LogP contribution in [0.4, 0.5) is 17.1 Å². The molecule has 0 aliphatic heterocycles. The summed E-state index contributed by atoms with van der Waals surface area (Å²) >= 11 is 0. The van der Waals surface area contributed by atoms with Gasteiger partial charge in [-0.1, -0.05) is 56.3 Å². The largest absolute Gasteiger partial charge is 0.310 e. The van der Waals surface area contributed by atoms with E-state index in [4.69, 9.17) is 0 Å². The number of hydrogen-bond acceptors (Lipinski definition) is 5. The van der Waals surface area contributed by atoms with Gasteiger partial charge in [-0.15, -0.1) is 0 Å². The van der Waals surface area contributed by atoms with Crippen molar-refractivity contribution in [1.29, 1.82) is 21.0 Å². The second kappa shape index (κ2) is 8.80. The van der Waals surface area contributed by atoms with Gasteiger partial charge in [0.25, 0.3) is 0 Å². The Morgan fingerprint density at radius 1 is 0.588 bits per heavy atom. The minimum absolute atomic E-state index is 0.0211. The molecule has 0 radical (unpaired) electrons. The summed E-state index contributed by atoms with van der Waals surface area (Å²) < 4.78 is 0. The van der Waals surface area contributed by atoms with Crippen LogP contribution in [0.15, 0.2) is 90.0 Å². The van der Waals surface area contributed by atoms with E-state index in [0.717, 1.165) is 17.1 Å². The fraction of sp³-hybridized carbons (Fsp3) is 0.103. The molecule has 0 atom stereocenters. The lowest BCUT2D eigenvalue weighted by molar-refractivity contribution is 0.686. The highest BCUT2D eigenvalue weighted by atomic mass is 15.1. The van der Waals surface area contributed by atoms with E-state index in [9.17, 15) is 21.0 Å². The molecule has 0 N–H and O–H groups in total. The Morgan fingerprint density at radius 3 is 1.47 bits per heavy atom. The maximum Gasteiger partial charge on any atom is 0.134 e. The first kappa shape index (κ1) is 22.1. The summed E-state index contributed by atoms with van der Waals surface area (Å²) in [6, 6.07) is 33.5. The zero-order valence-corrected chi connectivity index (χ0v) is 18.7. The van der Waals surface area contributed by atoms with Gasteiger partial charge >= 0.3 is 0 Å². The highest BCUT2D eigenvalue weighted by molar-refractivity contribution is 6.03. The standard InChI is InChI=1S/C29H19N5/c1-29(2)27(20(16-30)17-31)25-14-13-24(15-26(25)28(29)21(18-32)19-33)34(22-9-5-3-6-10-22)23-11-7-4-8-12-23/h3-15H,1-2H3. The first-order valence-corrected chi connectivity index (χ1v) is 10.6. The van der Waals surface area contributed by atoms with E-state index in [1.165, 1.54) is 0 Å². The van der Waals surface area contributed by atoms with Gasteiger partial charge in [0.15, 0.2) is 0 Å². The molecule has 0 amide bonds. The Hall–Kier alpha value is -5.10. The molecule has 1 aliphatic carbocycles. The Morgan fingerprint density at radius 2 is 1.03 bits per heavy atom. The number of fused-ring (bicyclic) bond motifs is 1. The third-order valence-corrected chi connectivity index (χ3v) is 6.03. The van der Waals surface area contributed by atoms with Crippen LogP contribution in [0.3, 0.4) is 0 Å². The number of para-hydroxylation sites is 2. The minimum atomic E-state index is -0.868. The molecule has 4 rings (SSSR count). The highest BCUT2D eigenvalue weighted by Crippen LogP contribution is 2.57. The number of allylic oxidation sites excluding steroid dienone is 4. The monoisotopic (exact) mass is 437 g/mol. The van der Waals surface area contributed by atoms with Gasteiger partial charge in [-0.3, -0.25) is 0 Å². The van der Waals surface area contributed by atoms with E-state index < -0.39 is 5.41 Å². The molecular weight excluding hydrogens is 418 g/mol. The van der Waals surface area contributed by atoms with Gasteiger partial charge in [0.05, 0.1) is 0 Å². The molecule has 0 saturated carbocycles. The van der Waals surface area contributed by atoms with Crippen molar-refractivity contribution >= 4 is 28.2 Å². The fourth-order valence-corrected chi connectivity index (χ4v) is 4.66. The first-order chi connectivity index (χ1) is 16.5. The molecule has 3 aromatic rings. The van der Waals surface area contributed by atoms with Crippen LogP contribution in [0.25, 0.3) is 11.1 Å². The predicted molar refractivity (Wildman–Crippen MR) is 131 cm³/mol. The number of rotatable bonds is 3. The fourth-order valence-electron chi connectivity index (χ4n) is 4.66. The highest BCUT2D eigenvalue weighted by Gasteiger charge is 2.43. The molecule has 0 aromatic heterocycles. The van der Waals surface area contributed by atoms with Gasteiger partial charge in [-0.05, 0) is 58.7 Å². The van der Waals surface area contributed by atoms with Crippen molar-refractivity contribution in [1.82, 2.24) is 0 Å². The molecule has 0 bridgehead atoms. The molecule has 1 aliphatic rings. The van der Waals surface area contributed by atoms with Crippen LogP contribution in [0.1, 0.15) is 25.0 Å². The molecule has 0 heterocycles. The minimum Gasteiger partial charge on any atom is -0.310 e. The Kier molecular flexibility index (Phi) is 5.72. The van der Waals surface area contributed by atoms with Crippen LogP contribution in [0, 0.1) is 50.7 Å². The zero-order chi connectivity index (χ0) is 24.3. The molecule has 0 saturated heterocycles. The molecule has 0 unspecified atom stereocenters. The van der Waals surface area contributed by atoms with Gasteiger partial charge in [0.2, 0.25) is 0 Å². The van der Waals surface area contributed by atoms with Crippen LogP contribution in [-0.4, -0.2) is 0 Å². The van der Waals surface area contributed by atoms with Gasteiger partial charge in [-0.2, -0.15) is 21.0 Å². The predicted octanol–water partition coefficient (Wildman–Crippen LogP) is 6.80. The molecular formula is C29H19N5. The van der Waals surface area contributed by atoms with Gasteiger partial charge in [-0.25, -0.2) is 0 Å². The number of hydrogen-bond donors (Lipinski definition) is 0. The molecule has 3 aromatic carbocycles. The number of nitrogens with zero attached hydrogens (tertiary/aromatic N) is 5. The van der Waals surface area contributed by atoms with Crippen LogP contribution < -0.4 is 4.90 Å². The summed E-state index contributed by atoms with van der Waals surface area (Å²) in [5, 5.41) is 38.7. The molecule has 5 nitrogen and oxygen atoms in total. The first-order valence-electron chi connectivity index (χ1n) is 10.6. The van der Waals surface area contributed by atoms with Crippen molar-refractivity contribution in [3.63, 3.8) is 0 Å². The summed E-state index contributed by atoms with van der Waals surface area (Å²) in [5.74, 6) is 0. The molecule has 0 fully saturated rings. The van der Waals surface area contributed by atoms with E-state index in [2.05, 4.69) is 4.90 Å². The molecule has 34 heavy (non-hydrogen) atoms. The third-order valence-electron chi connectivity index (χ3n) is 6.03. The van der Waals surface area contributed by atoms with E-state index in [1.54, 1.807) is 0 Å². The van der Waals surface area contributed by atoms with Crippen LogP contribution in [0.5, 0.6) is 0 Å². The number of anilines is 3. The van der Waals surface area contributed by atoms with E-state index in [-0.39, 0.29) is 11.1 Å². The maximum absolute atomic E-state index is 9.73.